The number of carbonyl (C=O) groups is 2. The summed E-state index contributed by atoms with van der Waals surface area (Å²) in [5, 5.41) is 6.35. The van der Waals surface area contributed by atoms with Gasteiger partial charge in [0.2, 0.25) is 11.7 Å². The summed E-state index contributed by atoms with van der Waals surface area (Å²) in [4.78, 5) is 27.5. The lowest BCUT2D eigenvalue weighted by Crippen LogP contribution is -2.09. The Morgan fingerprint density at radius 2 is 1.97 bits per heavy atom. The molecule has 0 atom stereocenters. The molecule has 0 saturated heterocycles. The Kier molecular flexibility index (Phi) is 6.75. The van der Waals surface area contributed by atoms with Crippen LogP contribution in [0.25, 0.3) is 11.4 Å². The fourth-order valence-electron chi connectivity index (χ4n) is 2.57. The van der Waals surface area contributed by atoms with Gasteiger partial charge in [0.15, 0.2) is 18.1 Å². The average molecular weight is 433 g/mol. The molecule has 0 bridgehead atoms. The molecule has 162 valence electrons. The standard InChI is InChI=1S/C20H17F2N3O6/c1-11(26)23-14-5-3-4-13(8-14)19(27)29-10-17-24-18(25-31-17)12-6-7-15(30-20(21)22)16(9-12)28-2/h3-9,20H,10H2,1-2H3,(H,23,26). The van der Waals surface area contributed by atoms with Crippen LogP contribution in [0.1, 0.15) is 23.2 Å². The van der Waals surface area contributed by atoms with Crippen LogP contribution >= 0.6 is 0 Å². The van der Waals surface area contributed by atoms with Crippen molar-refractivity contribution in [1.29, 1.82) is 0 Å². The summed E-state index contributed by atoms with van der Waals surface area (Å²) in [7, 11) is 1.31. The Bertz CT molecular complexity index is 1090. The summed E-state index contributed by atoms with van der Waals surface area (Å²) in [5.41, 5.74) is 1.10. The maximum Gasteiger partial charge on any atom is 0.387 e. The summed E-state index contributed by atoms with van der Waals surface area (Å²) >= 11 is 0. The zero-order valence-electron chi connectivity index (χ0n) is 16.4. The molecule has 0 saturated carbocycles. The molecule has 1 amide bonds. The van der Waals surface area contributed by atoms with Crippen molar-refractivity contribution in [1.82, 2.24) is 10.1 Å². The summed E-state index contributed by atoms with van der Waals surface area (Å²) in [5.74, 6) is -0.833. The molecule has 0 unspecified atom stereocenters. The molecule has 11 heteroatoms. The normalized spacial score (nSPS) is 10.6. The van der Waals surface area contributed by atoms with Crippen molar-refractivity contribution < 1.29 is 37.1 Å². The van der Waals surface area contributed by atoms with Gasteiger partial charge < -0.3 is 24.1 Å². The number of esters is 1. The smallest absolute Gasteiger partial charge is 0.387 e. The second kappa shape index (κ2) is 9.65. The van der Waals surface area contributed by atoms with Gasteiger partial charge in [0.25, 0.3) is 5.89 Å². The Morgan fingerprint density at radius 1 is 1.16 bits per heavy atom. The lowest BCUT2D eigenvalue weighted by atomic mass is 10.2. The highest BCUT2D eigenvalue weighted by Crippen LogP contribution is 2.32. The van der Waals surface area contributed by atoms with Gasteiger partial charge >= 0.3 is 12.6 Å². The molecule has 9 nitrogen and oxygen atoms in total. The van der Waals surface area contributed by atoms with E-state index in [0.29, 0.717) is 11.3 Å². The SMILES string of the molecule is COc1cc(-c2noc(COC(=O)c3cccc(NC(C)=O)c3)n2)ccc1OC(F)F. The number of benzene rings is 2. The van der Waals surface area contributed by atoms with Gasteiger partial charge in [0.1, 0.15) is 0 Å². The van der Waals surface area contributed by atoms with Crippen LogP contribution in [0.3, 0.4) is 0 Å². The number of nitrogens with one attached hydrogen (secondary N) is 1. The van der Waals surface area contributed by atoms with Crippen molar-refractivity contribution >= 4 is 17.6 Å². The highest BCUT2D eigenvalue weighted by atomic mass is 19.3. The molecular weight excluding hydrogens is 416 g/mol. The minimum absolute atomic E-state index is 0.0215. The fourth-order valence-corrected chi connectivity index (χ4v) is 2.57. The predicted molar refractivity (Wildman–Crippen MR) is 103 cm³/mol. The van der Waals surface area contributed by atoms with E-state index in [0.717, 1.165) is 0 Å². The van der Waals surface area contributed by atoms with Crippen molar-refractivity contribution in [3.63, 3.8) is 0 Å². The van der Waals surface area contributed by atoms with Crippen LogP contribution in [0.4, 0.5) is 14.5 Å². The number of rotatable bonds is 8. The zero-order valence-corrected chi connectivity index (χ0v) is 16.4. The molecule has 0 fully saturated rings. The Hall–Kier alpha value is -4.02. The van der Waals surface area contributed by atoms with E-state index in [-0.39, 0.29) is 41.3 Å². The third kappa shape index (κ3) is 5.75. The number of nitrogens with zero attached hydrogens (tertiary/aromatic N) is 2. The molecule has 0 radical (unpaired) electrons. The number of alkyl halides is 2. The van der Waals surface area contributed by atoms with Crippen molar-refractivity contribution in [2.24, 2.45) is 0 Å². The van der Waals surface area contributed by atoms with E-state index in [9.17, 15) is 18.4 Å². The molecule has 0 spiro atoms. The van der Waals surface area contributed by atoms with Crippen molar-refractivity contribution in [2.45, 2.75) is 20.1 Å². The van der Waals surface area contributed by atoms with Crippen LogP contribution in [-0.4, -0.2) is 35.7 Å². The molecule has 31 heavy (non-hydrogen) atoms. The van der Waals surface area contributed by atoms with Crippen LogP contribution in [0.15, 0.2) is 47.0 Å². The van der Waals surface area contributed by atoms with Gasteiger partial charge in [-0.25, -0.2) is 4.79 Å². The van der Waals surface area contributed by atoms with E-state index in [1.807, 2.05) is 0 Å². The summed E-state index contributed by atoms with van der Waals surface area (Å²) in [6.07, 6.45) is 0. The zero-order chi connectivity index (χ0) is 22.4. The van der Waals surface area contributed by atoms with E-state index in [1.54, 1.807) is 12.1 Å². The van der Waals surface area contributed by atoms with Gasteiger partial charge in [-0.15, -0.1) is 0 Å². The number of amides is 1. The van der Waals surface area contributed by atoms with Gasteiger partial charge in [-0.05, 0) is 36.4 Å². The maximum absolute atomic E-state index is 12.4. The molecule has 0 aliphatic heterocycles. The molecule has 1 N–H and O–H groups in total. The molecule has 3 aromatic rings. The number of halogens is 2. The van der Waals surface area contributed by atoms with Crippen molar-refractivity contribution in [2.75, 3.05) is 12.4 Å². The lowest BCUT2D eigenvalue weighted by Gasteiger charge is -2.10. The summed E-state index contributed by atoms with van der Waals surface area (Å²) in [6, 6.07) is 10.4. The Balaban J connectivity index is 1.66. The van der Waals surface area contributed by atoms with Crippen LogP contribution in [-0.2, 0) is 16.1 Å². The third-order valence-corrected chi connectivity index (χ3v) is 3.85. The first-order valence-corrected chi connectivity index (χ1v) is 8.86. The number of ether oxygens (including phenoxy) is 3. The highest BCUT2D eigenvalue weighted by molar-refractivity contribution is 5.93. The molecule has 2 aromatic carbocycles. The maximum atomic E-state index is 12.4. The lowest BCUT2D eigenvalue weighted by molar-refractivity contribution is -0.114. The molecule has 0 aliphatic rings. The fraction of sp³-hybridized carbons (Fsp3) is 0.200. The van der Waals surface area contributed by atoms with Gasteiger partial charge in [0, 0.05) is 18.2 Å². The number of anilines is 1. The van der Waals surface area contributed by atoms with E-state index in [4.69, 9.17) is 14.0 Å². The van der Waals surface area contributed by atoms with Gasteiger partial charge in [-0.3, -0.25) is 4.79 Å². The number of hydrogen-bond acceptors (Lipinski definition) is 8. The Morgan fingerprint density at radius 3 is 2.68 bits per heavy atom. The predicted octanol–water partition coefficient (Wildman–Crippen LogP) is 3.66. The highest BCUT2D eigenvalue weighted by Gasteiger charge is 2.16. The van der Waals surface area contributed by atoms with E-state index >= 15 is 0 Å². The van der Waals surface area contributed by atoms with Crippen LogP contribution in [0.5, 0.6) is 11.5 Å². The van der Waals surface area contributed by atoms with Crippen LogP contribution in [0.2, 0.25) is 0 Å². The number of carbonyl (C=O) groups excluding carboxylic acids is 2. The quantitative estimate of drug-likeness (QED) is 0.536. The van der Waals surface area contributed by atoms with Gasteiger partial charge in [-0.1, -0.05) is 11.2 Å². The van der Waals surface area contributed by atoms with E-state index in [2.05, 4.69) is 20.2 Å². The first-order valence-electron chi connectivity index (χ1n) is 8.86. The second-order valence-electron chi connectivity index (χ2n) is 6.09. The summed E-state index contributed by atoms with van der Waals surface area (Å²) in [6.45, 7) is -1.93. The molecule has 1 aromatic heterocycles. The van der Waals surface area contributed by atoms with Crippen molar-refractivity contribution in [3.8, 4) is 22.9 Å². The number of hydrogen-bond donors (Lipinski definition) is 1. The molecular formula is C20H17F2N3O6. The second-order valence-corrected chi connectivity index (χ2v) is 6.09. The van der Waals surface area contributed by atoms with Crippen molar-refractivity contribution in [3.05, 3.63) is 53.9 Å². The van der Waals surface area contributed by atoms with E-state index < -0.39 is 12.6 Å². The molecule has 1 heterocycles. The minimum Gasteiger partial charge on any atom is -0.493 e. The van der Waals surface area contributed by atoms with Gasteiger partial charge in [-0.2, -0.15) is 13.8 Å². The number of aromatic nitrogens is 2. The number of methoxy groups -OCH3 is 1. The van der Waals surface area contributed by atoms with Crippen LogP contribution in [0, 0.1) is 0 Å². The average Bonchev–Trinajstić information content (AvgIpc) is 3.20. The topological polar surface area (TPSA) is 113 Å². The molecule has 3 rings (SSSR count). The molecule has 0 aliphatic carbocycles. The van der Waals surface area contributed by atoms with Gasteiger partial charge in [0.05, 0.1) is 12.7 Å². The largest absolute Gasteiger partial charge is 0.493 e. The van der Waals surface area contributed by atoms with E-state index in [1.165, 1.54) is 44.4 Å². The third-order valence-electron chi connectivity index (χ3n) is 3.85. The summed E-state index contributed by atoms with van der Waals surface area (Å²) < 4.78 is 44.5. The first kappa shape index (κ1) is 21.7. The van der Waals surface area contributed by atoms with Crippen LogP contribution < -0.4 is 14.8 Å². The Labute approximate surface area is 174 Å². The first-order chi connectivity index (χ1) is 14.9. The monoisotopic (exact) mass is 433 g/mol. The minimum atomic E-state index is -3.00.